The van der Waals surface area contributed by atoms with Crippen LogP contribution in [0, 0.1) is 0 Å². The van der Waals surface area contributed by atoms with Gasteiger partial charge in [0.1, 0.15) is 0 Å². The van der Waals surface area contributed by atoms with Crippen LogP contribution in [0.4, 0.5) is 12.9 Å². The van der Waals surface area contributed by atoms with Crippen molar-refractivity contribution in [2.75, 3.05) is 7.11 Å². The fourth-order valence-corrected chi connectivity index (χ4v) is 0.628. The predicted octanol–water partition coefficient (Wildman–Crippen LogP) is -2.46. The van der Waals surface area contributed by atoms with E-state index in [1.807, 2.05) is 0 Å². The maximum Gasteiger partial charge on any atom is 1.00 e. The normalized spacial score (nSPS) is 10.5. The third-order valence-electron chi connectivity index (χ3n) is 1.15. The van der Waals surface area contributed by atoms with Crippen LogP contribution in [-0.2, 0) is 0 Å². The van der Waals surface area contributed by atoms with Crippen molar-refractivity contribution < 1.29 is 69.1 Å². The maximum absolute atomic E-state index is 12.0. The first-order valence-electron chi connectivity index (χ1n) is 3.11. The van der Waals surface area contributed by atoms with Gasteiger partial charge in [-0.2, -0.15) is 0 Å². The number of aromatic nitrogens is 2. The first-order valence-corrected chi connectivity index (χ1v) is 3.11. The number of nitrogens with zero attached hydrogens (tertiary/aromatic N) is 2. The minimum atomic E-state index is -5.13. The topological polar surface area (TPSA) is 35.0 Å². The summed E-state index contributed by atoms with van der Waals surface area (Å²) in [4.78, 5) is 6.20. The standard InChI is InChI=1S/C5H5BF3N2O.K/c1-12-4-2-3-10-5(11-4)6(7,8)9;/h2-3H,1H3;/q-1;+1. The van der Waals surface area contributed by atoms with Gasteiger partial charge >= 0.3 is 58.4 Å². The molecule has 0 spiro atoms. The van der Waals surface area contributed by atoms with E-state index in [4.69, 9.17) is 0 Å². The third-order valence-corrected chi connectivity index (χ3v) is 1.15. The minimum Gasteiger partial charge on any atom is -0.481 e. The summed E-state index contributed by atoms with van der Waals surface area (Å²) < 4.78 is 40.5. The maximum atomic E-state index is 12.0. The second-order valence-corrected chi connectivity index (χ2v) is 2.03. The Kier molecular flexibility index (Phi) is 5.45. The number of hydrogen-bond acceptors (Lipinski definition) is 3. The van der Waals surface area contributed by atoms with E-state index in [-0.39, 0.29) is 57.3 Å². The number of ether oxygens (including phenoxy) is 1. The monoisotopic (exact) mass is 216 g/mol. The molecule has 0 unspecified atom stereocenters. The molecule has 0 N–H and O–H groups in total. The SMILES string of the molecule is COc1ccnc([B-](F)(F)F)n1.[K+]. The molecule has 0 aromatic carbocycles. The molecule has 13 heavy (non-hydrogen) atoms. The van der Waals surface area contributed by atoms with Gasteiger partial charge in [-0.25, -0.2) is 4.98 Å². The van der Waals surface area contributed by atoms with Crippen LogP contribution in [0.2, 0.25) is 0 Å². The molecular formula is C5H5BF3KN2O. The molecule has 0 fully saturated rings. The van der Waals surface area contributed by atoms with Gasteiger partial charge in [-0.1, -0.05) is 0 Å². The van der Waals surface area contributed by atoms with E-state index in [0.29, 0.717) is 0 Å². The zero-order valence-electron chi connectivity index (χ0n) is 7.17. The molecule has 0 amide bonds. The Bertz CT molecular complexity index is 283. The number of rotatable bonds is 2. The zero-order valence-corrected chi connectivity index (χ0v) is 10.3. The summed E-state index contributed by atoms with van der Waals surface area (Å²) in [5.74, 6) is -0.0841. The molecule has 1 heterocycles. The van der Waals surface area contributed by atoms with Crippen LogP contribution in [0.15, 0.2) is 12.3 Å². The Hall–Kier alpha value is 0.371. The predicted molar refractivity (Wildman–Crippen MR) is 37.3 cm³/mol. The summed E-state index contributed by atoms with van der Waals surface area (Å²) in [5.41, 5.74) is -1.13. The van der Waals surface area contributed by atoms with E-state index >= 15 is 0 Å². The Labute approximate surface area is 116 Å². The smallest absolute Gasteiger partial charge is 0.481 e. The van der Waals surface area contributed by atoms with Crippen molar-refractivity contribution in [3.8, 4) is 5.88 Å². The number of methoxy groups -OCH3 is 1. The van der Waals surface area contributed by atoms with Crippen molar-refractivity contribution in [2.45, 2.75) is 0 Å². The average molecular weight is 216 g/mol. The van der Waals surface area contributed by atoms with Gasteiger partial charge in [-0.3, -0.25) is 4.98 Å². The molecule has 1 aromatic rings. The molecule has 0 saturated heterocycles. The van der Waals surface area contributed by atoms with Crippen molar-refractivity contribution in [1.29, 1.82) is 0 Å². The van der Waals surface area contributed by atoms with Gasteiger partial charge in [0, 0.05) is 12.3 Å². The van der Waals surface area contributed by atoms with E-state index in [9.17, 15) is 12.9 Å². The van der Waals surface area contributed by atoms with Crippen molar-refractivity contribution in [3.63, 3.8) is 0 Å². The summed E-state index contributed by atoms with van der Waals surface area (Å²) >= 11 is 0. The number of hydrogen-bond donors (Lipinski definition) is 0. The first-order chi connectivity index (χ1) is 5.54. The molecule has 0 atom stereocenters. The van der Waals surface area contributed by atoms with E-state index in [2.05, 4.69) is 14.7 Å². The van der Waals surface area contributed by atoms with E-state index in [0.717, 1.165) is 6.20 Å². The Morgan fingerprint density at radius 2 is 2.00 bits per heavy atom. The largest absolute Gasteiger partial charge is 1.00 e. The molecule has 3 nitrogen and oxygen atoms in total. The average Bonchev–Trinajstić information content (AvgIpc) is 2.03. The fraction of sp³-hybridized carbons (Fsp3) is 0.200. The van der Waals surface area contributed by atoms with Crippen molar-refractivity contribution >= 4 is 12.7 Å². The molecule has 8 heteroatoms. The Balaban J connectivity index is 0.00000144. The van der Waals surface area contributed by atoms with Gasteiger partial charge in [0.15, 0.2) is 0 Å². The summed E-state index contributed by atoms with van der Waals surface area (Å²) in [5, 5.41) is 0. The molecule has 0 saturated carbocycles. The van der Waals surface area contributed by atoms with Gasteiger partial charge in [0.25, 0.3) is 0 Å². The number of halogens is 3. The van der Waals surface area contributed by atoms with Crippen LogP contribution in [0.25, 0.3) is 0 Å². The Morgan fingerprint density at radius 1 is 1.38 bits per heavy atom. The third kappa shape index (κ3) is 3.94. The van der Waals surface area contributed by atoms with Crippen molar-refractivity contribution in [3.05, 3.63) is 12.3 Å². The molecule has 0 bridgehead atoms. The summed E-state index contributed by atoms with van der Waals surface area (Å²) in [6.45, 7) is -5.13. The molecular weight excluding hydrogens is 211 g/mol. The molecule has 0 aliphatic carbocycles. The van der Waals surface area contributed by atoms with Gasteiger partial charge in [-0.05, 0) is 0 Å². The van der Waals surface area contributed by atoms with Crippen LogP contribution in [0.1, 0.15) is 0 Å². The molecule has 0 radical (unpaired) electrons. The van der Waals surface area contributed by atoms with Gasteiger partial charge < -0.3 is 17.7 Å². The Morgan fingerprint density at radius 3 is 2.46 bits per heavy atom. The van der Waals surface area contributed by atoms with Crippen molar-refractivity contribution in [2.24, 2.45) is 0 Å². The van der Waals surface area contributed by atoms with Gasteiger partial charge in [-0.15, -0.1) is 0 Å². The van der Waals surface area contributed by atoms with E-state index < -0.39 is 12.7 Å². The summed E-state index contributed by atoms with van der Waals surface area (Å²) in [7, 11) is 1.25. The molecule has 0 aliphatic rings. The summed E-state index contributed by atoms with van der Waals surface area (Å²) in [6.07, 6.45) is 1.01. The fourth-order valence-electron chi connectivity index (χ4n) is 0.628. The van der Waals surface area contributed by atoms with Crippen LogP contribution < -0.4 is 61.8 Å². The molecule has 1 aromatic heterocycles. The zero-order chi connectivity index (χ0) is 9.19. The van der Waals surface area contributed by atoms with Crippen LogP contribution in [0.3, 0.4) is 0 Å². The van der Waals surface area contributed by atoms with Crippen molar-refractivity contribution in [1.82, 2.24) is 9.97 Å². The molecule has 0 aliphatic heterocycles. The minimum absolute atomic E-state index is 0. The van der Waals surface area contributed by atoms with Crippen LogP contribution in [-0.4, -0.2) is 24.1 Å². The first kappa shape index (κ1) is 13.4. The molecule has 66 valence electrons. The van der Waals surface area contributed by atoms with Crippen LogP contribution >= 0.6 is 0 Å². The second kappa shape index (κ2) is 5.30. The van der Waals surface area contributed by atoms with E-state index in [1.54, 1.807) is 0 Å². The second-order valence-electron chi connectivity index (χ2n) is 2.03. The molecule has 1 rings (SSSR count). The van der Waals surface area contributed by atoms with Gasteiger partial charge in [0.05, 0.1) is 12.8 Å². The van der Waals surface area contributed by atoms with Crippen LogP contribution in [0.5, 0.6) is 5.88 Å². The van der Waals surface area contributed by atoms with Gasteiger partial charge in [0.2, 0.25) is 5.88 Å². The summed E-state index contributed by atoms with van der Waals surface area (Å²) in [6, 6.07) is 1.26. The quantitative estimate of drug-likeness (QED) is 0.514. The van der Waals surface area contributed by atoms with E-state index in [1.165, 1.54) is 13.2 Å².